The minimum Gasteiger partial charge on any atom is -0.337 e. The van der Waals surface area contributed by atoms with Gasteiger partial charge in [-0.05, 0) is 43.7 Å². The first-order chi connectivity index (χ1) is 10.1. The molecule has 1 N–H and O–H groups in total. The number of likely N-dealkylation sites (tertiary alicyclic amines) is 1. The average Bonchev–Trinajstić information content (AvgIpc) is 3.03. The smallest absolute Gasteiger partial charge is 0.273 e. The Hall–Kier alpha value is -0.940. The third-order valence-electron chi connectivity index (χ3n) is 4.66. The maximum absolute atomic E-state index is 12.6. The number of thiazole rings is 1. The Morgan fingerprint density at radius 3 is 2.67 bits per heavy atom. The van der Waals surface area contributed by atoms with Crippen molar-refractivity contribution in [1.82, 2.24) is 15.2 Å². The van der Waals surface area contributed by atoms with Crippen LogP contribution < -0.4 is 5.32 Å². The number of fused-ring (bicyclic) bond motifs is 1. The van der Waals surface area contributed by atoms with Gasteiger partial charge in [0.15, 0.2) is 0 Å². The maximum atomic E-state index is 12.6. The number of hydrogen-bond donors (Lipinski definition) is 1. The van der Waals surface area contributed by atoms with E-state index in [1.165, 1.54) is 0 Å². The molecule has 116 valence electrons. The van der Waals surface area contributed by atoms with Crippen LogP contribution in [0.4, 0.5) is 0 Å². The number of nitrogens with one attached hydrogen (secondary N) is 1. The van der Waals surface area contributed by atoms with Gasteiger partial charge in [0.25, 0.3) is 5.91 Å². The topological polar surface area (TPSA) is 45.2 Å². The van der Waals surface area contributed by atoms with E-state index in [1.807, 2.05) is 10.3 Å². The van der Waals surface area contributed by atoms with Gasteiger partial charge in [-0.3, -0.25) is 4.79 Å². The van der Waals surface area contributed by atoms with Crippen molar-refractivity contribution in [2.75, 3.05) is 26.2 Å². The summed E-state index contributed by atoms with van der Waals surface area (Å²) in [5.74, 6) is 2.24. The summed E-state index contributed by atoms with van der Waals surface area (Å²) in [7, 11) is 0. The van der Waals surface area contributed by atoms with Crippen LogP contribution in [0.5, 0.6) is 0 Å². The van der Waals surface area contributed by atoms with Gasteiger partial charge in [0.05, 0.1) is 5.01 Å². The van der Waals surface area contributed by atoms with E-state index in [0.717, 1.165) is 62.3 Å². The molecule has 0 aliphatic carbocycles. The van der Waals surface area contributed by atoms with Gasteiger partial charge in [-0.2, -0.15) is 0 Å². The number of amides is 1. The predicted octanol–water partition coefficient (Wildman–Crippen LogP) is 2.41. The van der Waals surface area contributed by atoms with E-state index in [-0.39, 0.29) is 5.91 Å². The van der Waals surface area contributed by atoms with Crippen molar-refractivity contribution < 1.29 is 4.79 Å². The molecule has 2 saturated heterocycles. The van der Waals surface area contributed by atoms with Crippen LogP contribution in [-0.4, -0.2) is 42.0 Å². The molecule has 2 aliphatic heterocycles. The van der Waals surface area contributed by atoms with Crippen molar-refractivity contribution in [3.05, 3.63) is 16.1 Å². The Labute approximate surface area is 130 Å². The molecule has 0 spiro atoms. The molecule has 2 atom stereocenters. The number of aromatic nitrogens is 1. The van der Waals surface area contributed by atoms with Gasteiger partial charge >= 0.3 is 0 Å². The van der Waals surface area contributed by atoms with Gasteiger partial charge in [0, 0.05) is 24.9 Å². The summed E-state index contributed by atoms with van der Waals surface area (Å²) in [6.45, 7) is 8.40. The van der Waals surface area contributed by atoms with Crippen LogP contribution in [0, 0.1) is 17.8 Å². The summed E-state index contributed by atoms with van der Waals surface area (Å²) in [5, 5.41) is 6.50. The van der Waals surface area contributed by atoms with Crippen LogP contribution >= 0.6 is 11.3 Å². The van der Waals surface area contributed by atoms with Gasteiger partial charge in [0.2, 0.25) is 0 Å². The molecule has 3 heterocycles. The second-order valence-electron chi connectivity index (χ2n) is 6.77. The Morgan fingerprint density at radius 2 is 2.05 bits per heavy atom. The lowest BCUT2D eigenvalue weighted by Crippen LogP contribution is -2.33. The molecule has 21 heavy (non-hydrogen) atoms. The largest absolute Gasteiger partial charge is 0.337 e. The fourth-order valence-corrected chi connectivity index (χ4v) is 4.42. The molecular formula is C16H25N3OS. The molecule has 0 saturated carbocycles. The minimum absolute atomic E-state index is 0.134. The van der Waals surface area contributed by atoms with Crippen LogP contribution in [0.2, 0.25) is 0 Å². The molecule has 3 rings (SSSR count). The Balaban J connectivity index is 1.63. The SMILES string of the molecule is CC(C)Cc1nc(C(=O)N2CC[C@@H]3CNC[C@@H]3CC2)cs1. The van der Waals surface area contributed by atoms with E-state index >= 15 is 0 Å². The number of carbonyl (C=O) groups excluding carboxylic acids is 1. The van der Waals surface area contributed by atoms with Crippen molar-refractivity contribution in [2.24, 2.45) is 17.8 Å². The summed E-state index contributed by atoms with van der Waals surface area (Å²) >= 11 is 1.62. The molecule has 0 unspecified atom stereocenters. The van der Waals surface area contributed by atoms with Gasteiger partial charge < -0.3 is 10.2 Å². The molecule has 1 aromatic heterocycles. The zero-order chi connectivity index (χ0) is 14.8. The fourth-order valence-electron chi connectivity index (χ4n) is 3.44. The van der Waals surface area contributed by atoms with Crippen LogP contribution in [0.1, 0.15) is 42.2 Å². The first kappa shape index (κ1) is 15.0. The highest BCUT2D eigenvalue weighted by atomic mass is 32.1. The minimum atomic E-state index is 0.134. The molecule has 5 heteroatoms. The summed E-state index contributed by atoms with van der Waals surface area (Å²) in [6.07, 6.45) is 3.23. The van der Waals surface area contributed by atoms with E-state index < -0.39 is 0 Å². The van der Waals surface area contributed by atoms with Crippen LogP contribution in [0.25, 0.3) is 0 Å². The van der Waals surface area contributed by atoms with E-state index in [0.29, 0.717) is 11.6 Å². The van der Waals surface area contributed by atoms with Crippen LogP contribution in [0.3, 0.4) is 0 Å². The summed E-state index contributed by atoms with van der Waals surface area (Å²) < 4.78 is 0. The normalized spacial score (nSPS) is 26.0. The quantitative estimate of drug-likeness (QED) is 0.933. The summed E-state index contributed by atoms with van der Waals surface area (Å²) in [6, 6.07) is 0. The van der Waals surface area contributed by atoms with Crippen molar-refractivity contribution in [3.8, 4) is 0 Å². The van der Waals surface area contributed by atoms with Crippen LogP contribution in [0.15, 0.2) is 5.38 Å². The predicted molar refractivity (Wildman–Crippen MR) is 85.6 cm³/mol. The van der Waals surface area contributed by atoms with Crippen molar-refractivity contribution in [3.63, 3.8) is 0 Å². The molecule has 2 aliphatic rings. The van der Waals surface area contributed by atoms with Crippen molar-refractivity contribution in [1.29, 1.82) is 0 Å². The standard InChI is InChI=1S/C16H25N3OS/c1-11(2)7-15-18-14(10-21-15)16(20)19-5-3-12-8-17-9-13(12)4-6-19/h10-13,17H,3-9H2,1-2H3/t12-,13+. The van der Waals surface area contributed by atoms with E-state index in [4.69, 9.17) is 0 Å². The number of nitrogens with zero attached hydrogens (tertiary/aromatic N) is 2. The van der Waals surface area contributed by atoms with Gasteiger partial charge in [-0.1, -0.05) is 13.8 Å². The van der Waals surface area contributed by atoms with Gasteiger partial charge in [0.1, 0.15) is 5.69 Å². The second-order valence-corrected chi connectivity index (χ2v) is 7.72. The first-order valence-corrected chi connectivity index (χ1v) is 8.96. The molecule has 0 radical (unpaired) electrons. The van der Waals surface area contributed by atoms with Crippen molar-refractivity contribution >= 4 is 17.2 Å². The Bertz CT molecular complexity index is 485. The Morgan fingerprint density at radius 1 is 1.38 bits per heavy atom. The molecule has 1 aromatic rings. The fraction of sp³-hybridized carbons (Fsp3) is 0.750. The molecule has 0 aromatic carbocycles. The zero-order valence-corrected chi connectivity index (χ0v) is 13.8. The van der Waals surface area contributed by atoms with E-state index in [9.17, 15) is 4.79 Å². The zero-order valence-electron chi connectivity index (χ0n) is 13.0. The molecule has 0 bridgehead atoms. The van der Waals surface area contributed by atoms with E-state index in [2.05, 4.69) is 24.1 Å². The first-order valence-electron chi connectivity index (χ1n) is 8.08. The highest BCUT2D eigenvalue weighted by Gasteiger charge is 2.32. The van der Waals surface area contributed by atoms with Crippen LogP contribution in [-0.2, 0) is 6.42 Å². The molecule has 2 fully saturated rings. The number of rotatable bonds is 3. The average molecular weight is 307 g/mol. The van der Waals surface area contributed by atoms with Crippen molar-refractivity contribution in [2.45, 2.75) is 33.1 Å². The highest BCUT2D eigenvalue weighted by Crippen LogP contribution is 2.27. The van der Waals surface area contributed by atoms with Gasteiger partial charge in [-0.15, -0.1) is 11.3 Å². The summed E-state index contributed by atoms with van der Waals surface area (Å²) in [5.41, 5.74) is 0.654. The molecule has 4 nitrogen and oxygen atoms in total. The molecular weight excluding hydrogens is 282 g/mol. The monoisotopic (exact) mass is 307 g/mol. The second kappa shape index (κ2) is 6.44. The van der Waals surface area contributed by atoms with Gasteiger partial charge in [-0.25, -0.2) is 4.98 Å². The lowest BCUT2D eigenvalue weighted by atomic mass is 9.92. The third-order valence-corrected chi connectivity index (χ3v) is 5.53. The highest BCUT2D eigenvalue weighted by molar-refractivity contribution is 7.09. The summed E-state index contributed by atoms with van der Waals surface area (Å²) in [4.78, 5) is 19.2. The lowest BCUT2D eigenvalue weighted by molar-refractivity contribution is 0.0753. The number of carbonyl (C=O) groups is 1. The molecule has 1 amide bonds. The van der Waals surface area contributed by atoms with E-state index in [1.54, 1.807) is 11.3 Å². The lowest BCUT2D eigenvalue weighted by Gasteiger charge is -2.19. The number of hydrogen-bond acceptors (Lipinski definition) is 4. The maximum Gasteiger partial charge on any atom is 0.273 e. The third kappa shape index (κ3) is 3.46. The Kier molecular flexibility index (Phi) is 4.60.